The van der Waals surface area contributed by atoms with E-state index < -0.39 is 10.1 Å². The van der Waals surface area contributed by atoms with E-state index in [9.17, 15) is 8.42 Å². The molecule has 0 spiro atoms. The van der Waals surface area contributed by atoms with Crippen molar-refractivity contribution in [2.45, 2.75) is 13.0 Å². The number of imidazole rings is 1. The fourth-order valence-electron chi connectivity index (χ4n) is 0.947. The van der Waals surface area contributed by atoms with Crippen LogP contribution in [0.2, 0.25) is 0 Å². The van der Waals surface area contributed by atoms with Crippen molar-refractivity contribution < 1.29 is 13.0 Å². The lowest BCUT2D eigenvalue weighted by Crippen LogP contribution is -2.09. The quantitative estimate of drug-likeness (QED) is 0.660. The van der Waals surface area contributed by atoms with Crippen LogP contribution in [0.4, 0.5) is 5.95 Å². The van der Waals surface area contributed by atoms with Crippen molar-refractivity contribution in [2.75, 3.05) is 11.5 Å². The van der Waals surface area contributed by atoms with Gasteiger partial charge in [0.05, 0.1) is 5.75 Å². The first-order chi connectivity index (χ1) is 5.99. The molecule has 0 aliphatic rings. The molecule has 0 fully saturated rings. The van der Waals surface area contributed by atoms with Crippen molar-refractivity contribution in [2.24, 2.45) is 0 Å². The van der Waals surface area contributed by atoms with Crippen LogP contribution >= 0.6 is 0 Å². The normalized spacial score (nSPS) is 11.8. The Balaban J connectivity index is 2.41. The van der Waals surface area contributed by atoms with E-state index in [-0.39, 0.29) is 5.75 Å². The number of anilines is 1. The summed E-state index contributed by atoms with van der Waals surface area (Å²) >= 11 is 0. The molecule has 0 saturated heterocycles. The van der Waals surface area contributed by atoms with Crippen molar-refractivity contribution in [1.82, 2.24) is 9.55 Å². The number of hydrogen-bond donors (Lipinski definition) is 2. The highest BCUT2D eigenvalue weighted by atomic mass is 32.2. The molecular weight excluding hydrogens is 194 g/mol. The van der Waals surface area contributed by atoms with Gasteiger partial charge in [0.25, 0.3) is 10.1 Å². The van der Waals surface area contributed by atoms with E-state index in [0.717, 1.165) is 0 Å². The minimum absolute atomic E-state index is 0.259. The van der Waals surface area contributed by atoms with Gasteiger partial charge in [-0.15, -0.1) is 0 Å². The van der Waals surface area contributed by atoms with Gasteiger partial charge in [-0.2, -0.15) is 8.42 Å². The van der Waals surface area contributed by atoms with Gasteiger partial charge in [-0.3, -0.25) is 4.55 Å². The summed E-state index contributed by atoms with van der Waals surface area (Å²) in [5, 5.41) is 0. The van der Waals surface area contributed by atoms with Crippen molar-refractivity contribution in [1.29, 1.82) is 0 Å². The number of nitrogen functional groups attached to an aromatic ring is 1. The Hall–Kier alpha value is -1.08. The van der Waals surface area contributed by atoms with Crippen molar-refractivity contribution in [3.05, 3.63) is 12.4 Å². The number of nitrogens with zero attached hydrogens (tertiary/aromatic N) is 2. The summed E-state index contributed by atoms with van der Waals surface area (Å²) in [7, 11) is -3.86. The third-order valence-corrected chi connectivity index (χ3v) is 2.35. The molecule has 0 unspecified atom stereocenters. The smallest absolute Gasteiger partial charge is 0.264 e. The average Bonchev–Trinajstić information content (AvgIpc) is 2.34. The number of nitrogens with two attached hydrogens (primary N) is 1. The molecule has 0 amide bonds. The van der Waals surface area contributed by atoms with E-state index in [1.165, 1.54) is 6.20 Å². The van der Waals surface area contributed by atoms with Gasteiger partial charge < -0.3 is 10.3 Å². The van der Waals surface area contributed by atoms with Crippen LogP contribution in [0, 0.1) is 0 Å². The molecule has 1 aromatic rings. The second-order valence-electron chi connectivity index (χ2n) is 2.62. The minimum Gasteiger partial charge on any atom is -0.369 e. The van der Waals surface area contributed by atoms with Gasteiger partial charge >= 0.3 is 0 Å². The first kappa shape index (κ1) is 10.0. The van der Waals surface area contributed by atoms with E-state index >= 15 is 0 Å². The summed E-state index contributed by atoms with van der Waals surface area (Å²) in [6.07, 6.45) is 3.50. The number of aromatic nitrogens is 2. The first-order valence-electron chi connectivity index (χ1n) is 3.71. The Bertz CT molecular complexity index is 370. The molecule has 0 aliphatic heterocycles. The number of hydrogen-bond acceptors (Lipinski definition) is 4. The maximum atomic E-state index is 10.3. The molecule has 3 N–H and O–H groups in total. The van der Waals surface area contributed by atoms with Gasteiger partial charge in [0.1, 0.15) is 0 Å². The third kappa shape index (κ3) is 3.43. The van der Waals surface area contributed by atoms with Crippen molar-refractivity contribution in [3.8, 4) is 0 Å². The molecule has 0 aromatic carbocycles. The summed E-state index contributed by atoms with van der Waals surface area (Å²) in [6, 6.07) is 0. The standard InChI is InChI=1S/C6H11N3O3S/c7-6-8-2-4-9(6)3-1-5-13(10,11)12/h2,4H,1,3,5H2,(H2,7,8)(H,10,11,12). The lowest BCUT2D eigenvalue weighted by molar-refractivity contribution is 0.478. The first-order valence-corrected chi connectivity index (χ1v) is 5.32. The summed E-state index contributed by atoms with van der Waals surface area (Å²) in [5.41, 5.74) is 5.43. The molecule has 0 saturated carbocycles. The topological polar surface area (TPSA) is 98.2 Å². The van der Waals surface area contributed by atoms with Crippen LogP contribution in [-0.4, -0.2) is 28.3 Å². The van der Waals surface area contributed by atoms with Crippen LogP contribution in [0.1, 0.15) is 6.42 Å². The Morgan fingerprint density at radius 2 is 2.31 bits per heavy atom. The van der Waals surface area contributed by atoms with Crippen LogP contribution in [0.25, 0.3) is 0 Å². The highest BCUT2D eigenvalue weighted by molar-refractivity contribution is 7.85. The second-order valence-corrected chi connectivity index (χ2v) is 4.19. The third-order valence-electron chi connectivity index (χ3n) is 1.55. The Morgan fingerprint density at radius 3 is 2.77 bits per heavy atom. The highest BCUT2D eigenvalue weighted by Gasteiger charge is 2.04. The van der Waals surface area contributed by atoms with E-state index in [2.05, 4.69) is 4.98 Å². The van der Waals surface area contributed by atoms with Gasteiger partial charge in [0.2, 0.25) is 0 Å². The van der Waals surface area contributed by atoms with Gasteiger partial charge in [0, 0.05) is 18.9 Å². The van der Waals surface area contributed by atoms with Gasteiger partial charge in [-0.25, -0.2) is 4.98 Å². The molecule has 1 heterocycles. The summed E-state index contributed by atoms with van der Waals surface area (Å²) < 4.78 is 30.7. The van der Waals surface area contributed by atoms with Crippen LogP contribution in [0.5, 0.6) is 0 Å². The molecule has 0 radical (unpaired) electrons. The largest absolute Gasteiger partial charge is 0.369 e. The maximum absolute atomic E-state index is 10.3. The van der Waals surface area contributed by atoms with Crippen LogP contribution < -0.4 is 5.73 Å². The van der Waals surface area contributed by atoms with E-state index in [0.29, 0.717) is 18.9 Å². The van der Waals surface area contributed by atoms with Crippen LogP contribution in [0.15, 0.2) is 12.4 Å². The van der Waals surface area contributed by atoms with Gasteiger partial charge in [-0.05, 0) is 6.42 Å². The zero-order valence-electron chi connectivity index (χ0n) is 6.92. The molecular formula is C6H11N3O3S. The molecule has 7 heteroatoms. The summed E-state index contributed by atoms with van der Waals surface area (Å²) in [6.45, 7) is 0.436. The molecule has 1 aromatic heterocycles. The molecule has 1 rings (SSSR count). The molecule has 0 bridgehead atoms. The summed E-state index contributed by atoms with van der Waals surface area (Å²) in [4.78, 5) is 3.76. The Labute approximate surface area is 76.1 Å². The van der Waals surface area contributed by atoms with E-state index in [1.54, 1.807) is 10.8 Å². The SMILES string of the molecule is Nc1nccn1CCCS(=O)(=O)O. The van der Waals surface area contributed by atoms with Crippen LogP contribution in [0.3, 0.4) is 0 Å². The second kappa shape index (κ2) is 3.75. The van der Waals surface area contributed by atoms with Gasteiger partial charge in [0.15, 0.2) is 5.95 Å². The maximum Gasteiger partial charge on any atom is 0.264 e. The molecule has 0 atom stereocenters. The average molecular weight is 205 g/mol. The molecule has 13 heavy (non-hydrogen) atoms. The van der Waals surface area contributed by atoms with Crippen molar-refractivity contribution in [3.63, 3.8) is 0 Å². The Kier molecular flexibility index (Phi) is 2.89. The fraction of sp³-hybridized carbons (Fsp3) is 0.500. The van der Waals surface area contributed by atoms with Crippen molar-refractivity contribution >= 4 is 16.1 Å². The minimum atomic E-state index is -3.86. The number of aryl methyl sites for hydroxylation is 1. The predicted molar refractivity (Wildman–Crippen MR) is 47.7 cm³/mol. The monoisotopic (exact) mass is 205 g/mol. The van der Waals surface area contributed by atoms with E-state index in [4.69, 9.17) is 10.3 Å². The lowest BCUT2D eigenvalue weighted by atomic mass is 10.5. The predicted octanol–water partition coefficient (Wildman–Crippen LogP) is -0.257. The summed E-state index contributed by atoms with van der Waals surface area (Å²) in [5.74, 6) is 0.0836. The molecule has 0 aliphatic carbocycles. The van der Waals surface area contributed by atoms with E-state index in [1.807, 2.05) is 0 Å². The highest BCUT2D eigenvalue weighted by Crippen LogP contribution is 2.00. The number of rotatable bonds is 4. The Morgan fingerprint density at radius 1 is 1.62 bits per heavy atom. The van der Waals surface area contributed by atoms with Gasteiger partial charge in [-0.1, -0.05) is 0 Å². The zero-order valence-corrected chi connectivity index (χ0v) is 7.74. The molecule has 6 nitrogen and oxygen atoms in total. The van der Waals surface area contributed by atoms with Crippen LogP contribution in [-0.2, 0) is 16.7 Å². The molecule has 74 valence electrons. The zero-order chi connectivity index (χ0) is 9.90. The lowest BCUT2D eigenvalue weighted by Gasteiger charge is -2.02. The fourth-order valence-corrected chi connectivity index (χ4v) is 1.44.